The molecule has 5 heteroatoms. The normalized spacial score (nSPS) is 17.4. The Hall–Kier alpha value is -0.783. The van der Waals surface area contributed by atoms with Gasteiger partial charge < -0.3 is 9.74 Å². The first kappa shape index (κ1) is 21.5. The van der Waals surface area contributed by atoms with Crippen molar-refractivity contribution in [1.29, 1.82) is 0 Å². The van der Waals surface area contributed by atoms with E-state index in [1.165, 1.54) is 44.2 Å². The van der Waals surface area contributed by atoms with Crippen molar-refractivity contribution in [3.63, 3.8) is 0 Å². The summed E-state index contributed by atoms with van der Waals surface area (Å²) in [6.45, 7) is 8.03. The fourth-order valence-electron chi connectivity index (χ4n) is 4.20. The highest BCUT2D eigenvalue weighted by molar-refractivity contribution is 6.73. The zero-order valence-electron chi connectivity index (χ0n) is 16.6. The van der Waals surface area contributed by atoms with E-state index in [-0.39, 0.29) is 6.10 Å². The van der Waals surface area contributed by atoms with Crippen LogP contribution in [-0.4, -0.2) is 21.0 Å². The first-order valence-electron chi connectivity index (χ1n) is 10.4. The molecule has 0 amide bonds. The molecule has 0 radical (unpaired) electrons. The summed E-state index contributed by atoms with van der Waals surface area (Å²) in [4.78, 5) is 0. The van der Waals surface area contributed by atoms with Crippen LogP contribution in [-0.2, 0) is 11.0 Å². The van der Waals surface area contributed by atoms with Crippen molar-refractivity contribution < 1.29 is 13.2 Å². The Kier molecular flexibility index (Phi) is 8.71. The average Bonchev–Trinajstić information content (AvgIpc) is 2.65. The number of nitrogens with one attached hydrogen (secondary N) is 1. The maximum atomic E-state index is 13.4. The molecule has 1 fully saturated rings. The average molecular weight is 384 g/mol. The minimum Gasteiger partial charge on any atom is -0.412 e. The number of benzene rings is 1. The highest BCUT2D eigenvalue weighted by Crippen LogP contribution is 2.32. The lowest BCUT2D eigenvalue weighted by molar-refractivity contribution is 0.0952. The quantitative estimate of drug-likeness (QED) is 0.498. The molecule has 0 heterocycles. The zero-order valence-corrected chi connectivity index (χ0v) is 17.6. The van der Waals surface area contributed by atoms with E-state index in [4.69, 9.17) is 4.43 Å². The molecule has 0 aliphatic heterocycles. The van der Waals surface area contributed by atoms with Gasteiger partial charge in [0.05, 0.1) is 6.10 Å². The summed E-state index contributed by atoms with van der Waals surface area (Å²) < 4.78 is 33.6. The Morgan fingerprint density at radius 3 is 2.12 bits per heavy atom. The van der Waals surface area contributed by atoms with Gasteiger partial charge in [0, 0.05) is 19.2 Å². The minimum absolute atomic E-state index is 0.222. The van der Waals surface area contributed by atoms with Crippen LogP contribution in [0.15, 0.2) is 18.2 Å². The van der Waals surface area contributed by atoms with E-state index in [1.807, 2.05) is 0 Å². The lowest BCUT2D eigenvalue weighted by Crippen LogP contribution is -2.46. The summed E-state index contributed by atoms with van der Waals surface area (Å²) in [5.74, 6) is -0.426. The van der Waals surface area contributed by atoms with Crippen molar-refractivity contribution in [3.8, 4) is 0 Å². The number of rotatable bonds is 10. The fraction of sp³-hybridized carbons (Fsp3) is 0.714. The van der Waals surface area contributed by atoms with Crippen LogP contribution < -0.4 is 5.32 Å². The maximum Gasteiger partial charge on any atom is 0.192 e. The van der Waals surface area contributed by atoms with Crippen LogP contribution in [0.3, 0.4) is 0 Å². The van der Waals surface area contributed by atoms with Crippen molar-refractivity contribution >= 4 is 8.32 Å². The zero-order chi connectivity index (χ0) is 19.0. The van der Waals surface area contributed by atoms with Gasteiger partial charge in [-0.2, -0.15) is 0 Å². The van der Waals surface area contributed by atoms with Crippen LogP contribution in [0.1, 0.15) is 58.4 Å². The summed E-state index contributed by atoms with van der Waals surface area (Å²) >= 11 is 0. The largest absolute Gasteiger partial charge is 0.412 e. The van der Waals surface area contributed by atoms with Gasteiger partial charge in [-0.05, 0) is 54.6 Å². The van der Waals surface area contributed by atoms with E-state index in [9.17, 15) is 8.78 Å². The molecule has 1 N–H and O–H groups in total. The minimum atomic E-state index is -1.67. The molecule has 2 rings (SSSR count). The molecule has 1 aliphatic rings. The van der Waals surface area contributed by atoms with Crippen LogP contribution in [0, 0.1) is 17.6 Å². The molecule has 1 aromatic carbocycles. The highest BCUT2D eigenvalue weighted by Gasteiger charge is 2.35. The Morgan fingerprint density at radius 2 is 1.58 bits per heavy atom. The molecule has 1 aromatic rings. The van der Waals surface area contributed by atoms with Gasteiger partial charge in [-0.1, -0.05) is 40.0 Å². The second-order valence-electron chi connectivity index (χ2n) is 7.71. The van der Waals surface area contributed by atoms with E-state index in [1.54, 1.807) is 0 Å². The smallest absolute Gasteiger partial charge is 0.192 e. The molecule has 1 unspecified atom stereocenters. The van der Waals surface area contributed by atoms with Gasteiger partial charge in [-0.3, -0.25) is 0 Å². The lowest BCUT2D eigenvalue weighted by Gasteiger charge is -2.38. The molecule has 0 bridgehead atoms. The molecule has 1 saturated carbocycles. The van der Waals surface area contributed by atoms with E-state index < -0.39 is 20.0 Å². The summed E-state index contributed by atoms with van der Waals surface area (Å²) in [6.07, 6.45) is 6.61. The number of hydrogen-bond donors (Lipinski definition) is 1. The third-order valence-electron chi connectivity index (χ3n) is 6.11. The molecule has 0 aromatic heterocycles. The third-order valence-corrected chi connectivity index (χ3v) is 10.8. The van der Waals surface area contributed by atoms with Crippen molar-refractivity contribution in [3.05, 3.63) is 35.4 Å². The van der Waals surface area contributed by atoms with Gasteiger partial charge in [0.1, 0.15) is 11.6 Å². The second-order valence-corrected chi connectivity index (χ2v) is 12.4. The Bertz CT molecular complexity index is 516. The Morgan fingerprint density at radius 1 is 1.00 bits per heavy atom. The topological polar surface area (TPSA) is 21.3 Å². The van der Waals surface area contributed by atoms with E-state index in [0.29, 0.717) is 18.0 Å². The maximum absolute atomic E-state index is 13.4. The van der Waals surface area contributed by atoms with E-state index >= 15 is 0 Å². The van der Waals surface area contributed by atoms with Crippen LogP contribution in [0.4, 0.5) is 8.78 Å². The molecular formula is C21H35F2NOSi. The Labute approximate surface area is 158 Å². The predicted molar refractivity (Wildman–Crippen MR) is 107 cm³/mol. The Balaban J connectivity index is 2.00. The van der Waals surface area contributed by atoms with Gasteiger partial charge in [0.15, 0.2) is 8.32 Å². The molecule has 26 heavy (non-hydrogen) atoms. The first-order valence-corrected chi connectivity index (χ1v) is 12.9. The van der Waals surface area contributed by atoms with Gasteiger partial charge in [0.2, 0.25) is 0 Å². The van der Waals surface area contributed by atoms with Crippen LogP contribution >= 0.6 is 0 Å². The van der Waals surface area contributed by atoms with Gasteiger partial charge in [-0.25, -0.2) is 8.78 Å². The van der Waals surface area contributed by atoms with E-state index in [2.05, 4.69) is 26.1 Å². The predicted octanol–water partition coefficient (Wildman–Crippen LogP) is 6.03. The molecule has 0 spiro atoms. The third kappa shape index (κ3) is 6.14. The van der Waals surface area contributed by atoms with E-state index in [0.717, 1.165) is 30.7 Å². The van der Waals surface area contributed by atoms with Crippen LogP contribution in [0.5, 0.6) is 0 Å². The molecule has 1 aliphatic carbocycles. The molecule has 0 saturated heterocycles. The molecule has 1 atom stereocenters. The second kappa shape index (κ2) is 10.5. The SMILES string of the molecule is CC[Si](CC)(CC)OC(CNCc1cc(F)cc(F)c1)C1CCCCC1. The summed E-state index contributed by atoms with van der Waals surface area (Å²) in [7, 11) is -1.67. The summed E-state index contributed by atoms with van der Waals surface area (Å²) in [6, 6.07) is 7.17. The van der Waals surface area contributed by atoms with Crippen LogP contribution in [0.2, 0.25) is 18.1 Å². The standard InChI is InChI=1S/C21H35F2NOSi/c1-4-26(5-2,6-3)25-21(18-10-8-7-9-11-18)16-24-15-17-12-19(22)14-20(23)13-17/h12-14,18,21,24H,4-11,15-16H2,1-3H3. The van der Waals surface area contributed by atoms with Crippen molar-refractivity contribution in [2.75, 3.05) is 6.54 Å². The van der Waals surface area contributed by atoms with Crippen molar-refractivity contribution in [2.24, 2.45) is 5.92 Å². The summed E-state index contributed by atoms with van der Waals surface area (Å²) in [5.41, 5.74) is 0.648. The van der Waals surface area contributed by atoms with Gasteiger partial charge in [0.25, 0.3) is 0 Å². The number of hydrogen-bond acceptors (Lipinski definition) is 2. The van der Waals surface area contributed by atoms with Crippen LogP contribution in [0.25, 0.3) is 0 Å². The van der Waals surface area contributed by atoms with Crippen molar-refractivity contribution in [1.82, 2.24) is 5.32 Å². The molecule has 2 nitrogen and oxygen atoms in total. The lowest BCUT2D eigenvalue weighted by atomic mass is 9.85. The molecular weight excluding hydrogens is 348 g/mol. The van der Waals surface area contributed by atoms with Gasteiger partial charge >= 0.3 is 0 Å². The fourth-order valence-corrected chi connectivity index (χ4v) is 7.12. The monoisotopic (exact) mass is 383 g/mol. The van der Waals surface area contributed by atoms with Crippen molar-refractivity contribution in [2.45, 2.75) is 83.7 Å². The molecule has 148 valence electrons. The van der Waals surface area contributed by atoms with Gasteiger partial charge in [-0.15, -0.1) is 0 Å². The first-order chi connectivity index (χ1) is 12.5. The highest BCUT2D eigenvalue weighted by atomic mass is 28.4. The summed E-state index contributed by atoms with van der Waals surface area (Å²) in [5, 5.41) is 3.41. The number of halogens is 2.